The summed E-state index contributed by atoms with van der Waals surface area (Å²) in [6.07, 6.45) is 4.60. The number of rotatable bonds is 5. The van der Waals surface area contributed by atoms with Crippen molar-refractivity contribution >= 4 is 16.5 Å². The number of likely N-dealkylation sites (N-methyl/N-ethyl adjacent to an activating group) is 1. The molecular formula is C9H15N3S. The largest absolute Gasteiger partial charge is 0.360 e. The fraction of sp³-hybridized carbons (Fsp3) is 0.667. The molecule has 1 aliphatic rings. The molecule has 0 atom stereocenters. The highest BCUT2D eigenvalue weighted by Gasteiger charge is 2.25. The van der Waals surface area contributed by atoms with Crippen molar-refractivity contribution in [2.45, 2.75) is 18.9 Å². The van der Waals surface area contributed by atoms with Gasteiger partial charge in [-0.3, -0.25) is 0 Å². The first-order chi connectivity index (χ1) is 6.36. The maximum Gasteiger partial charge on any atom is 0.182 e. The first-order valence-electron chi connectivity index (χ1n) is 4.70. The van der Waals surface area contributed by atoms with Gasteiger partial charge in [0.25, 0.3) is 0 Å². The third kappa shape index (κ3) is 2.67. The molecule has 13 heavy (non-hydrogen) atoms. The zero-order chi connectivity index (χ0) is 9.10. The summed E-state index contributed by atoms with van der Waals surface area (Å²) in [7, 11) is 2.20. The molecule has 0 aliphatic heterocycles. The van der Waals surface area contributed by atoms with E-state index in [2.05, 4.69) is 22.2 Å². The number of thiazole rings is 1. The Balaban J connectivity index is 1.63. The van der Waals surface area contributed by atoms with Gasteiger partial charge in [-0.25, -0.2) is 4.98 Å². The molecule has 0 spiro atoms. The average Bonchev–Trinajstić information content (AvgIpc) is 2.86. The lowest BCUT2D eigenvalue weighted by Gasteiger charge is -2.15. The van der Waals surface area contributed by atoms with Crippen LogP contribution < -0.4 is 5.32 Å². The Hall–Kier alpha value is -0.610. The number of nitrogens with zero attached hydrogens (tertiary/aromatic N) is 2. The third-order valence-electron chi connectivity index (χ3n) is 2.34. The highest BCUT2D eigenvalue weighted by atomic mass is 32.1. The lowest BCUT2D eigenvalue weighted by atomic mass is 10.5. The summed E-state index contributed by atoms with van der Waals surface area (Å²) < 4.78 is 0. The van der Waals surface area contributed by atoms with Crippen molar-refractivity contribution in [3.05, 3.63) is 11.6 Å². The molecule has 0 aromatic carbocycles. The predicted molar refractivity (Wildman–Crippen MR) is 56.3 cm³/mol. The van der Waals surface area contributed by atoms with Gasteiger partial charge >= 0.3 is 0 Å². The Morgan fingerprint density at radius 2 is 2.54 bits per heavy atom. The molecule has 0 unspecified atom stereocenters. The Morgan fingerprint density at radius 1 is 1.69 bits per heavy atom. The average molecular weight is 197 g/mol. The zero-order valence-corrected chi connectivity index (χ0v) is 8.68. The van der Waals surface area contributed by atoms with E-state index < -0.39 is 0 Å². The molecule has 4 heteroatoms. The molecule has 3 nitrogen and oxygen atoms in total. The van der Waals surface area contributed by atoms with Gasteiger partial charge in [0, 0.05) is 30.7 Å². The van der Waals surface area contributed by atoms with Crippen molar-refractivity contribution in [2.75, 3.05) is 25.5 Å². The molecule has 1 aliphatic carbocycles. The maximum absolute atomic E-state index is 4.16. The van der Waals surface area contributed by atoms with E-state index in [1.54, 1.807) is 11.3 Å². The molecule has 72 valence electrons. The van der Waals surface area contributed by atoms with Crippen LogP contribution in [0.25, 0.3) is 0 Å². The predicted octanol–water partition coefficient (Wildman–Crippen LogP) is 1.65. The van der Waals surface area contributed by atoms with Crippen molar-refractivity contribution in [1.29, 1.82) is 0 Å². The van der Waals surface area contributed by atoms with Gasteiger partial charge in [-0.15, -0.1) is 11.3 Å². The van der Waals surface area contributed by atoms with E-state index in [0.717, 1.165) is 24.3 Å². The second kappa shape index (κ2) is 4.07. The van der Waals surface area contributed by atoms with Crippen LogP contribution in [0.4, 0.5) is 5.13 Å². The van der Waals surface area contributed by atoms with E-state index in [1.165, 1.54) is 12.8 Å². The second-order valence-corrected chi connectivity index (χ2v) is 4.37. The molecule has 2 rings (SSSR count). The molecule has 1 N–H and O–H groups in total. The molecule has 1 heterocycles. The van der Waals surface area contributed by atoms with Crippen LogP contribution >= 0.6 is 11.3 Å². The number of anilines is 1. The van der Waals surface area contributed by atoms with Gasteiger partial charge in [0.1, 0.15) is 0 Å². The first-order valence-corrected chi connectivity index (χ1v) is 5.58. The summed E-state index contributed by atoms with van der Waals surface area (Å²) in [6, 6.07) is 0.859. The SMILES string of the molecule is CN(CCNc1nccs1)C1CC1. The zero-order valence-electron chi connectivity index (χ0n) is 7.86. The highest BCUT2D eigenvalue weighted by Crippen LogP contribution is 2.24. The minimum absolute atomic E-state index is 0.859. The van der Waals surface area contributed by atoms with E-state index in [1.807, 2.05) is 11.6 Å². The number of nitrogens with one attached hydrogen (secondary N) is 1. The van der Waals surface area contributed by atoms with Crippen LogP contribution in [-0.4, -0.2) is 36.1 Å². The lowest BCUT2D eigenvalue weighted by Crippen LogP contribution is -2.26. The molecule has 0 radical (unpaired) electrons. The van der Waals surface area contributed by atoms with Crippen molar-refractivity contribution in [2.24, 2.45) is 0 Å². The molecule has 1 fully saturated rings. The van der Waals surface area contributed by atoms with Gasteiger partial charge in [-0.2, -0.15) is 0 Å². The van der Waals surface area contributed by atoms with Crippen molar-refractivity contribution < 1.29 is 0 Å². The number of aromatic nitrogens is 1. The van der Waals surface area contributed by atoms with Crippen LogP contribution in [0.3, 0.4) is 0 Å². The van der Waals surface area contributed by atoms with Crippen LogP contribution in [0.15, 0.2) is 11.6 Å². The minimum atomic E-state index is 0.859. The second-order valence-electron chi connectivity index (χ2n) is 3.48. The van der Waals surface area contributed by atoms with Gasteiger partial charge in [0.05, 0.1) is 0 Å². The highest BCUT2D eigenvalue weighted by molar-refractivity contribution is 7.13. The first kappa shape index (κ1) is 8.97. The maximum atomic E-state index is 4.16. The Kier molecular flexibility index (Phi) is 2.80. The van der Waals surface area contributed by atoms with Crippen molar-refractivity contribution in [3.8, 4) is 0 Å². The third-order valence-corrected chi connectivity index (χ3v) is 3.07. The van der Waals surface area contributed by atoms with E-state index in [4.69, 9.17) is 0 Å². The van der Waals surface area contributed by atoms with Crippen molar-refractivity contribution in [3.63, 3.8) is 0 Å². The summed E-state index contributed by atoms with van der Waals surface area (Å²) in [4.78, 5) is 6.58. The summed E-state index contributed by atoms with van der Waals surface area (Å²) in [5.74, 6) is 0. The van der Waals surface area contributed by atoms with Gasteiger partial charge in [-0.1, -0.05) is 0 Å². The normalized spacial score (nSPS) is 16.5. The van der Waals surface area contributed by atoms with Crippen LogP contribution in [0, 0.1) is 0 Å². The van der Waals surface area contributed by atoms with Crippen LogP contribution in [-0.2, 0) is 0 Å². The smallest absolute Gasteiger partial charge is 0.182 e. The van der Waals surface area contributed by atoms with Crippen LogP contribution in [0.2, 0.25) is 0 Å². The topological polar surface area (TPSA) is 28.2 Å². The van der Waals surface area contributed by atoms with E-state index >= 15 is 0 Å². The fourth-order valence-corrected chi connectivity index (χ4v) is 1.91. The van der Waals surface area contributed by atoms with Gasteiger partial charge < -0.3 is 10.2 Å². The summed E-state index contributed by atoms with van der Waals surface area (Å²) in [5, 5.41) is 6.33. The minimum Gasteiger partial charge on any atom is -0.360 e. The molecule has 0 saturated heterocycles. The standard InChI is InChI=1S/C9H15N3S/c1-12(8-2-3-8)6-4-10-9-11-5-7-13-9/h5,7-8H,2-4,6H2,1H3,(H,10,11). The van der Waals surface area contributed by atoms with Crippen LogP contribution in [0.5, 0.6) is 0 Å². The Bertz CT molecular complexity index is 243. The van der Waals surface area contributed by atoms with E-state index in [-0.39, 0.29) is 0 Å². The lowest BCUT2D eigenvalue weighted by molar-refractivity contribution is 0.337. The Morgan fingerprint density at radius 3 is 3.15 bits per heavy atom. The van der Waals surface area contributed by atoms with Crippen molar-refractivity contribution in [1.82, 2.24) is 9.88 Å². The van der Waals surface area contributed by atoms with E-state index in [9.17, 15) is 0 Å². The van der Waals surface area contributed by atoms with E-state index in [0.29, 0.717) is 0 Å². The van der Waals surface area contributed by atoms with Gasteiger partial charge in [0.2, 0.25) is 0 Å². The van der Waals surface area contributed by atoms with Crippen LogP contribution in [0.1, 0.15) is 12.8 Å². The molecule has 1 aromatic rings. The Labute approximate surface area is 82.8 Å². The number of hydrogen-bond donors (Lipinski definition) is 1. The quantitative estimate of drug-likeness (QED) is 0.778. The van der Waals surface area contributed by atoms with Gasteiger partial charge in [-0.05, 0) is 19.9 Å². The molecule has 1 saturated carbocycles. The monoisotopic (exact) mass is 197 g/mol. The molecule has 0 amide bonds. The summed E-state index contributed by atoms with van der Waals surface area (Å²) >= 11 is 1.66. The van der Waals surface area contributed by atoms with Gasteiger partial charge in [0.15, 0.2) is 5.13 Å². The molecule has 0 bridgehead atoms. The molecular weight excluding hydrogens is 182 g/mol. The fourth-order valence-electron chi connectivity index (χ4n) is 1.35. The number of hydrogen-bond acceptors (Lipinski definition) is 4. The molecule has 1 aromatic heterocycles. The summed E-state index contributed by atoms with van der Waals surface area (Å²) in [5.41, 5.74) is 0. The summed E-state index contributed by atoms with van der Waals surface area (Å²) in [6.45, 7) is 2.12.